The molecular weight excluding hydrogens is 156 g/mol. The fourth-order valence-electron chi connectivity index (χ4n) is 1.12. The molecule has 0 aliphatic heterocycles. The molecule has 0 aliphatic rings. The van der Waals surface area contributed by atoms with Gasteiger partial charge >= 0.3 is 0 Å². The Morgan fingerprint density at radius 2 is 2.25 bits per heavy atom. The van der Waals surface area contributed by atoms with Crippen LogP contribution in [0.5, 0.6) is 0 Å². The van der Waals surface area contributed by atoms with Gasteiger partial charge in [-0.05, 0) is 6.07 Å². The first-order valence-corrected chi connectivity index (χ1v) is 3.37. The van der Waals surface area contributed by atoms with Gasteiger partial charge in [0.15, 0.2) is 0 Å². The summed E-state index contributed by atoms with van der Waals surface area (Å²) in [5, 5.41) is 3.75. The molecule has 1 aromatic heterocycles. The molecule has 0 amide bonds. The number of aromatic nitrogens is 2. The molecule has 0 aliphatic carbocycles. The number of fused-ring (bicyclic) bond motifs is 1. The summed E-state index contributed by atoms with van der Waals surface area (Å²) in [6.45, 7) is 0. The first-order chi connectivity index (χ1) is 5.68. The van der Waals surface area contributed by atoms with Crippen molar-refractivity contribution in [1.29, 1.82) is 0 Å². The van der Waals surface area contributed by atoms with Gasteiger partial charge in [-0.3, -0.25) is 0 Å². The summed E-state index contributed by atoms with van der Waals surface area (Å²) >= 11 is 0. The number of nitrogen functional groups attached to an aromatic ring is 1. The van der Waals surface area contributed by atoms with Crippen molar-refractivity contribution in [2.75, 3.05) is 5.84 Å². The summed E-state index contributed by atoms with van der Waals surface area (Å²) < 4.78 is 12.9. The average molecular weight is 161 g/mol. The number of benzene rings is 1. The van der Waals surface area contributed by atoms with Crippen LogP contribution in [0.1, 0.15) is 0 Å². The summed E-state index contributed by atoms with van der Waals surface area (Å²) in [7, 11) is 5.46. The van der Waals surface area contributed by atoms with Gasteiger partial charge in [0.2, 0.25) is 5.95 Å². The molecule has 2 rings (SSSR count). The Morgan fingerprint density at radius 3 is 3.00 bits per heavy atom. The normalized spacial score (nSPS) is 10.8. The number of rotatable bonds is 0. The van der Waals surface area contributed by atoms with E-state index in [1.807, 2.05) is 0 Å². The highest BCUT2D eigenvalue weighted by Gasteiger charge is 2.06. The molecule has 0 spiro atoms. The molecule has 5 heteroatoms. The number of nitrogens with two attached hydrogens (primary N) is 1. The molecule has 0 bridgehead atoms. The molecule has 0 saturated heterocycles. The van der Waals surface area contributed by atoms with Gasteiger partial charge in [0.1, 0.15) is 7.85 Å². The summed E-state index contributed by atoms with van der Waals surface area (Å²) in [4.78, 5) is 0.990. The van der Waals surface area contributed by atoms with Gasteiger partial charge in [0, 0.05) is 0 Å². The summed E-state index contributed by atoms with van der Waals surface area (Å²) in [5.74, 6) is 4.75. The van der Waals surface area contributed by atoms with Crippen molar-refractivity contribution >= 4 is 24.2 Å². The van der Waals surface area contributed by atoms with E-state index in [1.54, 1.807) is 12.1 Å². The Hall–Kier alpha value is -1.52. The lowest BCUT2D eigenvalue weighted by Gasteiger charge is -1.93. The van der Waals surface area contributed by atoms with E-state index in [4.69, 9.17) is 13.7 Å². The molecule has 12 heavy (non-hydrogen) atoms. The van der Waals surface area contributed by atoms with Gasteiger partial charge in [-0.2, -0.15) is 9.18 Å². The van der Waals surface area contributed by atoms with Crippen molar-refractivity contribution in [3.63, 3.8) is 0 Å². The predicted molar refractivity (Wildman–Crippen MR) is 45.2 cm³/mol. The van der Waals surface area contributed by atoms with Crippen molar-refractivity contribution in [2.45, 2.75) is 0 Å². The Kier molecular flexibility index (Phi) is 1.33. The molecule has 0 fully saturated rings. The van der Waals surface area contributed by atoms with Gasteiger partial charge in [0.25, 0.3) is 0 Å². The zero-order valence-corrected chi connectivity index (χ0v) is 6.16. The maximum Gasteiger partial charge on any atom is 0.242 e. The second-order valence-electron chi connectivity index (χ2n) is 2.51. The molecule has 1 aromatic carbocycles. The lowest BCUT2D eigenvalue weighted by molar-refractivity contribution is 0.570. The first kappa shape index (κ1) is 7.15. The lowest BCUT2D eigenvalue weighted by atomic mass is 9.95. The number of hydrogen-bond donors (Lipinski definition) is 1. The molecule has 0 saturated carbocycles. The zero-order valence-electron chi connectivity index (χ0n) is 6.16. The fraction of sp³-hybridized carbons (Fsp3) is 0. The number of hydrogen-bond acceptors (Lipinski definition) is 2. The van der Waals surface area contributed by atoms with Crippen molar-refractivity contribution < 1.29 is 4.39 Å². The average Bonchev–Trinajstić information content (AvgIpc) is 2.28. The van der Waals surface area contributed by atoms with E-state index in [0.717, 1.165) is 4.79 Å². The van der Waals surface area contributed by atoms with Crippen molar-refractivity contribution in [3.8, 4) is 0 Å². The van der Waals surface area contributed by atoms with Crippen LogP contribution in [-0.4, -0.2) is 17.7 Å². The van der Waals surface area contributed by atoms with Crippen LogP contribution >= 0.6 is 0 Å². The van der Waals surface area contributed by atoms with E-state index in [1.165, 1.54) is 6.07 Å². The smallest absolute Gasteiger partial charge is 0.242 e. The Morgan fingerprint density at radius 1 is 1.50 bits per heavy atom. The molecule has 1 heterocycles. The van der Waals surface area contributed by atoms with Crippen molar-refractivity contribution in [3.05, 3.63) is 24.1 Å². The topological polar surface area (TPSA) is 43.8 Å². The first-order valence-electron chi connectivity index (χ1n) is 3.37. The second kappa shape index (κ2) is 2.23. The standard InChI is InChI=1S/C7H5BFN3/c8-4-1-2-6-5(3-4)7(9)11-12(6)10/h1-3H,10H2. The van der Waals surface area contributed by atoms with E-state index in [2.05, 4.69) is 5.10 Å². The monoisotopic (exact) mass is 161 g/mol. The number of halogens is 1. The molecule has 2 radical (unpaired) electrons. The van der Waals surface area contributed by atoms with Crippen LogP contribution in [-0.2, 0) is 0 Å². The quantitative estimate of drug-likeness (QED) is 0.425. The molecule has 0 atom stereocenters. The maximum absolute atomic E-state index is 12.9. The fourth-order valence-corrected chi connectivity index (χ4v) is 1.12. The number of nitrogens with zero attached hydrogens (tertiary/aromatic N) is 2. The SMILES string of the molecule is [B]c1ccc2c(c1)c(F)nn2N. The molecule has 2 aromatic rings. The van der Waals surface area contributed by atoms with Gasteiger partial charge < -0.3 is 5.84 Å². The van der Waals surface area contributed by atoms with Crippen molar-refractivity contribution in [2.24, 2.45) is 0 Å². The third-order valence-corrected chi connectivity index (χ3v) is 1.69. The van der Waals surface area contributed by atoms with Crippen LogP contribution in [0.3, 0.4) is 0 Å². The lowest BCUT2D eigenvalue weighted by Crippen LogP contribution is -2.10. The van der Waals surface area contributed by atoms with E-state index >= 15 is 0 Å². The molecule has 0 unspecified atom stereocenters. The van der Waals surface area contributed by atoms with E-state index in [-0.39, 0.29) is 0 Å². The van der Waals surface area contributed by atoms with Crippen LogP contribution in [0.4, 0.5) is 4.39 Å². The van der Waals surface area contributed by atoms with Gasteiger partial charge in [0.05, 0.1) is 10.9 Å². The van der Waals surface area contributed by atoms with Crippen LogP contribution in [0.25, 0.3) is 10.9 Å². The largest absolute Gasteiger partial charge is 0.323 e. The van der Waals surface area contributed by atoms with Gasteiger partial charge in [-0.1, -0.05) is 17.6 Å². The minimum absolute atomic E-state index is 0.345. The molecular formula is C7H5BFN3. The summed E-state index contributed by atoms with van der Waals surface area (Å²) in [5.41, 5.74) is 1.02. The van der Waals surface area contributed by atoms with E-state index < -0.39 is 5.95 Å². The molecule has 3 nitrogen and oxygen atoms in total. The summed E-state index contributed by atoms with van der Waals surface area (Å²) in [6.07, 6.45) is 0. The zero-order chi connectivity index (χ0) is 8.72. The van der Waals surface area contributed by atoms with Crippen molar-refractivity contribution in [1.82, 2.24) is 9.89 Å². The predicted octanol–water partition coefficient (Wildman–Crippen LogP) is -0.317. The van der Waals surface area contributed by atoms with Crippen LogP contribution in [0.2, 0.25) is 0 Å². The van der Waals surface area contributed by atoms with Crippen LogP contribution < -0.4 is 11.3 Å². The minimum Gasteiger partial charge on any atom is -0.323 e. The third kappa shape index (κ3) is 0.862. The second-order valence-corrected chi connectivity index (χ2v) is 2.51. The highest BCUT2D eigenvalue weighted by molar-refractivity contribution is 6.33. The minimum atomic E-state index is -0.597. The Balaban J connectivity index is 2.90. The summed E-state index contributed by atoms with van der Waals surface area (Å²) in [6, 6.07) is 4.77. The van der Waals surface area contributed by atoms with Gasteiger partial charge in [-0.15, -0.1) is 5.10 Å². The van der Waals surface area contributed by atoms with E-state index in [0.29, 0.717) is 16.4 Å². The van der Waals surface area contributed by atoms with Crippen LogP contribution in [0.15, 0.2) is 18.2 Å². The van der Waals surface area contributed by atoms with Gasteiger partial charge in [-0.25, -0.2) is 0 Å². The molecule has 2 N–H and O–H groups in total. The highest BCUT2D eigenvalue weighted by Crippen LogP contribution is 2.12. The Labute approximate surface area is 69.3 Å². The van der Waals surface area contributed by atoms with E-state index in [9.17, 15) is 4.39 Å². The highest BCUT2D eigenvalue weighted by atomic mass is 19.1. The maximum atomic E-state index is 12.9. The third-order valence-electron chi connectivity index (χ3n) is 1.69. The molecule has 58 valence electrons. The Bertz CT molecular complexity index is 437. The van der Waals surface area contributed by atoms with Crippen LogP contribution in [0, 0.1) is 5.95 Å².